The Morgan fingerprint density at radius 1 is 0.766 bits per heavy atom. The van der Waals surface area contributed by atoms with Crippen LogP contribution in [0.15, 0.2) is 36.4 Å². The molecule has 4 aliphatic heterocycles. The molecule has 3 fully saturated rings. The molecule has 0 aromatic heterocycles. The van der Waals surface area contributed by atoms with Crippen LogP contribution in [0.5, 0.6) is 0 Å². The van der Waals surface area contributed by atoms with Crippen molar-refractivity contribution in [2.75, 3.05) is 83.4 Å². The SMILES string of the molecule is O=C(CCCN1C(=O)C=CC1=O)NCCCOCCOCCOCCCNC(=O)[C@@H]1CCCN1C(=O)CNC(=S)Nc1ccc(CNC(=O)CCCC[C@@H]2SC[C@@H]3NC(=O)N[C@@H]32)cc1. The van der Waals surface area contributed by atoms with Gasteiger partial charge in [-0.3, -0.25) is 33.7 Å². The van der Waals surface area contributed by atoms with Gasteiger partial charge in [0, 0.05) is 87.6 Å². The topological polar surface area (TPSA) is 238 Å². The van der Waals surface area contributed by atoms with Gasteiger partial charge in [-0.15, -0.1) is 0 Å². The van der Waals surface area contributed by atoms with E-state index in [0.29, 0.717) is 103 Å². The van der Waals surface area contributed by atoms with Crippen LogP contribution >= 0.6 is 24.0 Å². The Balaban J connectivity index is 0.803. The van der Waals surface area contributed by atoms with E-state index in [1.54, 1.807) is 4.90 Å². The molecule has 4 heterocycles. The van der Waals surface area contributed by atoms with E-state index >= 15 is 0 Å². The minimum atomic E-state index is -0.533. The summed E-state index contributed by atoms with van der Waals surface area (Å²) < 4.78 is 16.6. The van der Waals surface area contributed by atoms with Crippen molar-refractivity contribution in [3.63, 3.8) is 0 Å². The van der Waals surface area contributed by atoms with Crippen LogP contribution in [0.2, 0.25) is 0 Å². The maximum atomic E-state index is 13.1. The molecule has 352 valence electrons. The molecule has 0 saturated carbocycles. The van der Waals surface area contributed by atoms with Crippen molar-refractivity contribution in [3.8, 4) is 0 Å². The first-order valence-electron chi connectivity index (χ1n) is 22.3. The summed E-state index contributed by atoms with van der Waals surface area (Å²) in [5.74, 6) is -0.290. The average molecular weight is 930 g/mol. The van der Waals surface area contributed by atoms with Crippen LogP contribution in [0.3, 0.4) is 0 Å². The van der Waals surface area contributed by atoms with Crippen LogP contribution in [-0.2, 0) is 49.5 Å². The molecule has 7 N–H and O–H groups in total. The number of thioether (sulfide) groups is 1. The highest BCUT2D eigenvalue weighted by Gasteiger charge is 2.42. The number of anilines is 1. The number of carbonyl (C=O) groups is 7. The molecule has 0 radical (unpaired) electrons. The van der Waals surface area contributed by atoms with E-state index in [2.05, 4.69) is 37.2 Å². The van der Waals surface area contributed by atoms with Gasteiger partial charge in [0.1, 0.15) is 6.04 Å². The van der Waals surface area contributed by atoms with Gasteiger partial charge in [0.2, 0.25) is 23.6 Å². The molecular formula is C43H63N9O10S2. The van der Waals surface area contributed by atoms with Crippen molar-refractivity contribution in [2.45, 2.75) is 94.1 Å². The standard InChI is InChI=1S/C43H63N9O10S2/c53-35(10-4-20-52-37(55)15-16-38(52)56)44-17-5-21-60-23-25-62-26-24-61-22-6-18-45-41(58)33-7-3-19-51(33)39(57)28-47-43(63)48-31-13-11-30(12-14-31)27-46-36(54)9-2-1-8-34-40-32(29-64-34)49-42(59)50-40/h11-16,32-34,40H,1-10,17-29H2,(H,44,53)(H,45,58)(H,46,54)(H2,47,48,63)(H2,49,50,59)/t32-,33-,34-,40-/m0/s1. The number of nitrogens with zero attached hydrogens (tertiary/aromatic N) is 2. The Bertz CT molecular complexity index is 1770. The fourth-order valence-corrected chi connectivity index (χ4v) is 9.36. The molecule has 4 aliphatic rings. The maximum absolute atomic E-state index is 13.1. The van der Waals surface area contributed by atoms with E-state index in [-0.39, 0.29) is 78.2 Å². The smallest absolute Gasteiger partial charge is 0.315 e. The summed E-state index contributed by atoms with van der Waals surface area (Å²) in [6.07, 6.45) is 8.85. The summed E-state index contributed by atoms with van der Waals surface area (Å²) in [4.78, 5) is 87.7. The number of unbranched alkanes of at least 4 members (excludes halogenated alkanes) is 1. The van der Waals surface area contributed by atoms with Gasteiger partial charge in [-0.1, -0.05) is 18.6 Å². The quantitative estimate of drug-likeness (QED) is 0.0258. The third-order valence-electron chi connectivity index (χ3n) is 11.0. The lowest BCUT2D eigenvalue weighted by Crippen LogP contribution is -2.49. The van der Waals surface area contributed by atoms with Crippen LogP contribution in [0.1, 0.15) is 69.8 Å². The van der Waals surface area contributed by atoms with E-state index in [9.17, 15) is 33.6 Å². The summed E-state index contributed by atoms with van der Waals surface area (Å²) in [5.41, 5.74) is 1.68. The summed E-state index contributed by atoms with van der Waals surface area (Å²) in [7, 11) is 0. The Morgan fingerprint density at radius 2 is 1.42 bits per heavy atom. The molecule has 3 saturated heterocycles. The second-order valence-corrected chi connectivity index (χ2v) is 17.5. The molecule has 4 atom stereocenters. The molecule has 8 amide bonds. The number of hydrogen-bond acceptors (Lipinski definition) is 12. The lowest BCUT2D eigenvalue weighted by Gasteiger charge is -2.24. The van der Waals surface area contributed by atoms with Gasteiger partial charge in [-0.2, -0.15) is 11.8 Å². The number of fused-ring (bicyclic) bond motifs is 1. The lowest BCUT2D eigenvalue weighted by molar-refractivity contribution is -0.137. The number of hydrogen-bond donors (Lipinski definition) is 7. The number of nitrogens with one attached hydrogen (secondary N) is 7. The number of likely N-dealkylation sites (tertiary alicyclic amines) is 1. The highest BCUT2D eigenvalue weighted by Crippen LogP contribution is 2.33. The summed E-state index contributed by atoms with van der Waals surface area (Å²) in [5, 5.41) is 21.3. The molecule has 5 rings (SSSR count). The van der Waals surface area contributed by atoms with Crippen LogP contribution in [-0.4, -0.2) is 158 Å². The van der Waals surface area contributed by atoms with Crippen molar-refractivity contribution < 1.29 is 47.8 Å². The number of urea groups is 1. The number of imide groups is 1. The summed E-state index contributed by atoms with van der Waals surface area (Å²) in [6.45, 7) is 4.52. The first-order valence-corrected chi connectivity index (χ1v) is 23.7. The first-order chi connectivity index (χ1) is 31.1. The summed E-state index contributed by atoms with van der Waals surface area (Å²) >= 11 is 7.30. The maximum Gasteiger partial charge on any atom is 0.315 e. The zero-order chi connectivity index (χ0) is 45.5. The van der Waals surface area contributed by atoms with Crippen LogP contribution in [0.25, 0.3) is 0 Å². The van der Waals surface area contributed by atoms with Gasteiger partial charge < -0.3 is 56.3 Å². The van der Waals surface area contributed by atoms with Gasteiger partial charge >= 0.3 is 6.03 Å². The van der Waals surface area contributed by atoms with E-state index in [0.717, 1.165) is 47.6 Å². The number of thiocarbonyl (C=S) groups is 1. The van der Waals surface area contributed by atoms with Gasteiger partial charge in [0.25, 0.3) is 11.8 Å². The van der Waals surface area contributed by atoms with Crippen LogP contribution in [0.4, 0.5) is 10.5 Å². The third kappa shape index (κ3) is 17.3. The Hall–Kier alpha value is -4.83. The third-order valence-corrected chi connectivity index (χ3v) is 12.8. The van der Waals surface area contributed by atoms with Crippen molar-refractivity contribution in [1.82, 2.24) is 41.7 Å². The van der Waals surface area contributed by atoms with Crippen LogP contribution in [0, 0.1) is 0 Å². The normalized spacial score (nSPS) is 19.9. The Labute approximate surface area is 384 Å². The fraction of sp³-hybridized carbons (Fsp3) is 0.628. The number of amides is 8. The van der Waals surface area contributed by atoms with E-state index in [4.69, 9.17) is 26.4 Å². The van der Waals surface area contributed by atoms with Gasteiger partial charge in [0.15, 0.2) is 5.11 Å². The molecule has 0 spiro atoms. The molecule has 0 unspecified atom stereocenters. The fourth-order valence-electron chi connectivity index (χ4n) is 7.62. The number of carbonyl (C=O) groups excluding carboxylic acids is 7. The molecule has 0 bridgehead atoms. The van der Waals surface area contributed by atoms with Gasteiger partial charge in [0.05, 0.1) is 45.1 Å². The summed E-state index contributed by atoms with van der Waals surface area (Å²) in [6, 6.07) is 7.29. The number of rotatable bonds is 29. The minimum absolute atomic E-state index is 0.00435. The molecule has 1 aromatic carbocycles. The number of ether oxygens (including phenoxy) is 3. The Morgan fingerprint density at radius 3 is 2.14 bits per heavy atom. The van der Waals surface area contributed by atoms with E-state index < -0.39 is 6.04 Å². The predicted molar refractivity (Wildman–Crippen MR) is 244 cm³/mol. The zero-order valence-corrected chi connectivity index (χ0v) is 38.0. The molecule has 19 nitrogen and oxygen atoms in total. The molecule has 64 heavy (non-hydrogen) atoms. The molecule has 21 heteroatoms. The van der Waals surface area contributed by atoms with Crippen molar-refractivity contribution >= 4 is 76.3 Å². The number of benzene rings is 1. The van der Waals surface area contributed by atoms with E-state index in [1.807, 2.05) is 36.0 Å². The molecule has 0 aliphatic carbocycles. The van der Waals surface area contributed by atoms with Gasteiger partial charge in [-0.25, -0.2) is 4.79 Å². The average Bonchev–Trinajstić information content (AvgIpc) is 4.08. The van der Waals surface area contributed by atoms with Crippen molar-refractivity contribution in [1.29, 1.82) is 0 Å². The monoisotopic (exact) mass is 929 g/mol. The highest BCUT2D eigenvalue weighted by molar-refractivity contribution is 8.00. The second-order valence-electron chi connectivity index (χ2n) is 15.8. The van der Waals surface area contributed by atoms with Crippen LogP contribution < -0.4 is 37.2 Å². The zero-order valence-electron chi connectivity index (χ0n) is 36.3. The predicted octanol–water partition coefficient (Wildman–Crippen LogP) is 1.07. The van der Waals surface area contributed by atoms with Gasteiger partial charge in [-0.05, 0) is 74.9 Å². The first kappa shape index (κ1) is 50.2. The van der Waals surface area contributed by atoms with Crippen molar-refractivity contribution in [3.05, 3.63) is 42.0 Å². The van der Waals surface area contributed by atoms with Crippen molar-refractivity contribution in [2.24, 2.45) is 0 Å². The molecular weight excluding hydrogens is 867 g/mol. The van der Waals surface area contributed by atoms with E-state index in [1.165, 1.54) is 12.2 Å². The highest BCUT2D eigenvalue weighted by atomic mass is 32.2. The Kier molecular flexibility index (Phi) is 21.5. The largest absolute Gasteiger partial charge is 0.379 e. The minimum Gasteiger partial charge on any atom is -0.379 e. The second kappa shape index (κ2) is 27.5. The lowest BCUT2D eigenvalue weighted by atomic mass is 10.0. The molecule has 1 aromatic rings.